The molecule has 2 aromatic heterocycles. The highest BCUT2D eigenvalue weighted by atomic mass is 15.1. The Bertz CT molecular complexity index is 7230. The van der Waals surface area contributed by atoms with Crippen LogP contribution in [0.2, 0.25) is 0 Å². The van der Waals surface area contributed by atoms with Crippen LogP contribution in [0, 0.1) is 0 Å². The fourth-order valence-corrected chi connectivity index (χ4v) is 18.6. The lowest BCUT2D eigenvalue weighted by Crippen LogP contribution is -2.28. The number of aromatic nitrogens is 2. The zero-order valence-corrected chi connectivity index (χ0v) is 64.2. The highest BCUT2D eigenvalue weighted by Gasteiger charge is 2.46. The molecule has 0 atom stereocenters. The number of fused-ring (bicyclic) bond motifs is 10. The molecular weight excluding hydrogens is 1410 g/mol. The Morgan fingerprint density at radius 1 is 0.179 bits per heavy atom. The molecule has 0 radical (unpaired) electrons. The summed E-state index contributed by atoms with van der Waals surface area (Å²) in [5, 5.41) is 7.41. The van der Waals surface area contributed by atoms with E-state index in [1.54, 1.807) is 0 Å². The monoisotopic (exact) mass is 1490 g/mol. The minimum atomic E-state index is -0.564. The van der Waals surface area contributed by atoms with E-state index in [4.69, 9.17) is 0 Å². The predicted molar refractivity (Wildman–Crippen MR) is 492 cm³/mol. The molecule has 117 heavy (non-hydrogen) atoms. The van der Waals surface area contributed by atoms with E-state index in [1.807, 2.05) is 0 Å². The first kappa shape index (κ1) is 68.4. The molecule has 22 rings (SSSR count). The van der Waals surface area contributed by atoms with Crippen molar-refractivity contribution < 1.29 is 0 Å². The molecule has 19 aromatic carbocycles. The third kappa shape index (κ3) is 11.8. The standard InChI is InChI=1S/C113H76N4/c1-5-22-77(23-6-1)82-48-60-93(61-49-82)114(95-66-56-86(57-67-95)89-58-71-104-102-34-16-19-37-109(102)116(112(104)75-89)92-30-11-4-12-31-92)94-62-50-83(51-63-94)80-44-40-78(41-45-80)79-42-46-81(47-43-79)84-52-64-96(65-53-84)115(98-70-72-101-100-33-15-18-36-106(100)113(107(101)76-98,90-26-7-2-8-27-90)91-28-9-3-10-29-91)97-68-54-85(55-69-97)88-59-73-111-105(74-88)103-35-17-20-38-110(103)117(111)108-39-21-25-87-24-13-14-32-99(87)108/h1-76H. The van der Waals surface area contributed by atoms with Crippen molar-refractivity contribution in [1.82, 2.24) is 9.13 Å². The molecule has 1 aliphatic carbocycles. The minimum Gasteiger partial charge on any atom is -0.311 e. The molecule has 0 unspecified atom stereocenters. The van der Waals surface area contributed by atoms with Crippen LogP contribution >= 0.6 is 0 Å². The fraction of sp³-hybridized carbons (Fsp3) is 0.00885. The van der Waals surface area contributed by atoms with E-state index in [9.17, 15) is 0 Å². The van der Waals surface area contributed by atoms with E-state index in [1.165, 1.54) is 116 Å². The van der Waals surface area contributed by atoms with Crippen LogP contribution in [0.3, 0.4) is 0 Å². The van der Waals surface area contributed by atoms with Gasteiger partial charge >= 0.3 is 0 Å². The summed E-state index contributed by atoms with van der Waals surface area (Å²) in [6, 6.07) is 170. The first-order chi connectivity index (χ1) is 58.0. The van der Waals surface area contributed by atoms with Crippen molar-refractivity contribution in [2.75, 3.05) is 9.80 Å². The maximum absolute atomic E-state index is 2.47. The molecule has 0 saturated carbocycles. The minimum absolute atomic E-state index is 0.564. The highest BCUT2D eigenvalue weighted by molar-refractivity contribution is 6.13. The number of nitrogens with zero attached hydrogens (tertiary/aromatic N) is 4. The normalized spacial score (nSPS) is 12.2. The number of hydrogen-bond acceptors (Lipinski definition) is 2. The summed E-state index contributed by atoms with van der Waals surface area (Å²) in [4.78, 5) is 4.80. The van der Waals surface area contributed by atoms with Crippen LogP contribution in [0.5, 0.6) is 0 Å². The second-order valence-corrected chi connectivity index (χ2v) is 30.7. The Hall–Kier alpha value is -15.4. The van der Waals surface area contributed by atoms with Gasteiger partial charge in [0.25, 0.3) is 0 Å². The third-order valence-electron chi connectivity index (χ3n) is 24.2. The lowest BCUT2D eigenvalue weighted by molar-refractivity contribution is 0.768. The van der Waals surface area contributed by atoms with Crippen LogP contribution in [0.15, 0.2) is 461 Å². The Labute approximate surface area is 680 Å². The fourth-order valence-electron chi connectivity index (χ4n) is 18.6. The largest absolute Gasteiger partial charge is 0.311 e. The topological polar surface area (TPSA) is 16.3 Å². The van der Waals surface area contributed by atoms with Gasteiger partial charge in [0.1, 0.15) is 0 Å². The lowest BCUT2D eigenvalue weighted by Gasteiger charge is -2.35. The van der Waals surface area contributed by atoms with Crippen LogP contribution < -0.4 is 9.80 Å². The van der Waals surface area contributed by atoms with Crippen molar-refractivity contribution in [3.63, 3.8) is 0 Å². The lowest BCUT2D eigenvalue weighted by atomic mass is 9.67. The van der Waals surface area contributed by atoms with Gasteiger partial charge in [-0.15, -0.1) is 0 Å². The van der Waals surface area contributed by atoms with Crippen LogP contribution in [0.4, 0.5) is 34.1 Å². The van der Waals surface area contributed by atoms with E-state index in [0.29, 0.717) is 0 Å². The summed E-state index contributed by atoms with van der Waals surface area (Å²) >= 11 is 0. The predicted octanol–water partition coefficient (Wildman–Crippen LogP) is 30.3. The molecule has 548 valence electrons. The Morgan fingerprint density at radius 2 is 0.521 bits per heavy atom. The Kier molecular flexibility index (Phi) is 16.8. The summed E-state index contributed by atoms with van der Waals surface area (Å²) in [6.07, 6.45) is 0. The summed E-state index contributed by atoms with van der Waals surface area (Å²) in [5.41, 5.74) is 34.4. The molecule has 0 bridgehead atoms. The molecule has 0 N–H and O–H groups in total. The van der Waals surface area contributed by atoms with Gasteiger partial charge in [-0.25, -0.2) is 0 Å². The maximum Gasteiger partial charge on any atom is 0.0714 e. The van der Waals surface area contributed by atoms with Crippen molar-refractivity contribution in [3.8, 4) is 89.3 Å². The molecule has 21 aromatic rings. The molecule has 4 heteroatoms. The highest BCUT2D eigenvalue weighted by Crippen LogP contribution is 2.58. The van der Waals surface area contributed by atoms with Crippen molar-refractivity contribution >= 4 is 88.5 Å². The molecule has 4 nitrogen and oxygen atoms in total. The van der Waals surface area contributed by atoms with Crippen molar-refractivity contribution in [2.45, 2.75) is 5.41 Å². The number of rotatable bonds is 16. The van der Waals surface area contributed by atoms with E-state index in [-0.39, 0.29) is 0 Å². The van der Waals surface area contributed by atoms with Gasteiger partial charge < -0.3 is 18.9 Å². The van der Waals surface area contributed by atoms with Gasteiger partial charge in [-0.3, -0.25) is 0 Å². The van der Waals surface area contributed by atoms with Crippen LogP contribution in [0.1, 0.15) is 22.3 Å². The molecule has 0 aliphatic heterocycles. The van der Waals surface area contributed by atoms with Crippen LogP contribution in [-0.4, -0.2) is 9.13 Å². The summed E-state index contributed by atoms with van der Waals surface area (Å²) in [7, 11) is 0. The SMILES string of the molecule is c1ccc(-c2ccc(N(c3ccc(-c4ccc(-c5ccc(-c6ccc(N(c7ccc(-c8ccc9c(c8)c8ccccc8n9-c8cccc9ccccc89)cc7)c7ccc8c(c7)C(c7ccccc7)(c7ccccc7)c7ccccc7-8)cc6)cc5)cc4)cc3)c3ccc(-c4ccc5c6ccccc6n(-c6ccccc6)c5c4)cc3)cc2)cc1. The number of anilines is 6. The van der Waals surface area contributed by atoms with Gasteiger partial charge in [-0.05, 0) is 227 Å². The number of para-hydroxylation sites is 3. The zero-order chi connectivity index (χ0) is 77.3. The molecule has 0 saturated heterocycles. The average Bonchev–Trinajstić information content (AvgIpc) is 1.54. The molecule has 0 spiro atoms. The maximum atomic E-state index is 2.47. The van der Waals surface area contributed by atoms with Crippen molar-refractivity contribution in [2.24, 2.45) is 0 Å². The third-order valence-corrected chi connectivity index (χ3v) is 24.2. The number of benzene rings is 19. The summed E-state index contributed by atoms with van der Waals surface area (Å²) < 4.78 is 4.83. The first-order valence-corrected chi connectivity index (χ1v) is 40.3. The molecular formula is C113H76N4. The molecule has 2 heterocycles. The average molecular weight is 1490 g/mol. The van der Waals surface area contributed by atoms with Gasteiger partial charge in [-0.1, -0.05) is 340 Å². The van der Waals surface area contributed by atoms with E-state index < -0.39 is 5.41 Å². The molecule has 1 aliphatic rings. The van der Waals surface area contributed by atoms with Crippen LogP contribution in [0.25, 0.3) is 144 Å². The Balaban J connectivity index is 0.562. The summed E-state index contributed by atoms with van der Waals surface area (Å²) in [5.74, 6) is 0. The van der Waals surface area contributed by atoms with E-state index in [0.717, 1.165) is 84.3 Å². The quantitative estimate of drug-likeness (QED) is 0.0959. The zero-order valence-electron chi connectivity index (χ0n) is 64.2. The first-order valence-electron chi connectivity index (χ1n) is 40.3. The van der Waals surface area contributed by atoms with E-state index in [2.05, 4.69) is 480 Å². The van der Waals surface area contributed by atoms with Crippen LogP contribution in [-0.2, 0) is 5.41 Å². The van der Waals surface area contributed by atoms with Gasteiger partial charge in [0.2, 0.25) is 0 Å². The van der Waals surface area contributed by atoms with Gasteiger partial charge in [-0.2, -0.15) is 0 Å². The van der Waals surface area contributed by atoms with Gasteiger partial charge in [0.15, 0.2) is 0 Å². The smallest absolute Gasteiger partial charge is 0.0714 e. The Morgan fingerprint density at radius 3 is 1.05 bits per heavy atom. The van der Waals surface area contributed by atoms with Gasteiger partial charge in [0, 0.05) is 66.7 Å². The van der Waals surface area contributed by atoms with Crippen molar-refractivity contribution in [1.29, 1.82) is 0 Å². The van der Waals surface area contributed by atoms with E-state index >= 15 is 0 Å². The van der Waals surface area contributed by atoms with Crippen molar-refractivity contribution in [3.05, 3.63) is 483 Å². The number of hydrogen-bond donors (Lipinski definition) is 0. The second-order valence-electron chi connectivity index (χ2n) is 30.7. The van der Waals surface area contributed by atoms with Gasteiger partial charge in [0.05, 0.1) is 33.2 Å². The summed E-state index contributed by atoms with van der Waals surface area (Å²) in [6.45, 7) is 0. The molecule has 0 amide bonds. The second kappa shape index (κ2) is 28.7. The molecule has 0 fully saturated rings.